The van der Waals surface area contributed by atoms with Gasteiger partial charge in [0.05, 0.1) is 0 Å². The van der Waals surface area contributed by atoms with E-state index in [-0.39, 0.29) is 16.5 Å². The molecule has 11 heteroatoms. The molecule has 0 aliphatic carbocycles. The molecule has 0 heterocycles. The van der Waals surface area contributed by atoms with Crippen LogP contribution in [-0.2, 0) is 58.9 Å². The summed E-state index contributed by atoms with van der Waals surface area (Å²) in [7, 11) is 0. The predicted molar refractivity (Wildman–Crippen MR) is 2.75 cm³/mol. The van der Waals surface area contributed by atoms with Gasteiger partial charge in [0.25, 0.3) is 0 Å². The van der Waals surface area contributed by atoms with Crippen molar-refractivity contribution >= 4 is 0 Å². The Morgan fingerprint density at radius 3 is 0.636 bits per heavy atom. The topological polar surface area (TPSA) is 161 Å². The molecule has 0 spiro atoms. The summed E-state index contributed by atoms with van der Waals surface area (Å²) in [6, 6.07) is 0. The minimum atomic E-state index is -5.75. The summed E-state index contributed by atoms with van der Waals surface area (Å²) in [6.07, 6.45) is 0. The van der Waals surface area contributed by atoms with E-state index < -0.39 is 27.2 Å². The van der Waals surface area contributed by atoms with Gasteiger partial charge in [-0.15, -0.1) is 0 Å². The van der Waals surface area contributed by atoms with E-state index in [4.69, 9.17) is 31.8 Å². The molecule has 0 fully saturated rings. The molecule has 0 N–H and O–H groups in total. The van der Waals surface area contributed by atoms with Crippen molar-refractivity contribution in [2.45, 2.75) is 0 Å². The van der Waals surface area contributed by atoms with Gasteiger partial charge in [0, 0.05) is 16.5 Å². The quantitative estimate of drug-likeness (QED) is 0.400. The van der Waals surface area contributed by atoms with Gasteiger partial charge >= 0.3 is 59.1 Å². The van der Waals surface area contributed by atoms with Gasteiger partial charge in [0.2, 0.25) is 0 Å². The van der Waals surface area contributed by atoms with Crippen molar-refractivity contribution in [2.75, 3.05) is 0 Å². The molecule has 0 bridgehead atoms. The molecule has 8 nitrogen and oxygen atoms in total. The predicted octanol–water partition coefficient (Wildman–Crippen LogP) is -5.24. The van der Waals surface area contributed by atoms with E-state index in [9.17, 15) is 0 Å². The zero-order chi connectivity index (χ0) is 9.00. The van der Waals surface area contributed by atoms with E-state index >= 15 is 0 Å². The molecule has 0 saturated heterocycles. The average Bonchev–Trinajstić information content (AvgIpc) is 1.12. The van der Waals surface area contributed by atoms with Crippen molar-refractivity contribution in [3.63, 3.8) is 0 Å². The van der Waals surface area contributed by atoms with E-state index in [0.717, 1.165) is 0 Å². The first-order valence-electron chi connectivity index (χ1n) is 1.33. The Kier molecular flexibility index (Phi) is 9.86. The third kappa shape index (κ3) is 2190. The van der Waals surface area contributed by atoms with E-state index in [2.05, 4.69) is 0 Å². The van der Waals surface area contributed by atoms with Crippen LogP contribution < -0.4 is 16.6 Å². The molecule has 0 saturated carbocycles. The number of hydrogen-bond donors (Lipinski definition) is 0. The van der Waals surface area contributed by atoms with Crippen molar-refractivity contribution in [1.29, 1.82) is 0 Å². The zero-order valence-corrected chi connectivity index (χ0v) is 7.94. The van der Waals surface area contributed by atoms with Crippen LogP contribution in [0.2, 0.25) is 0 Å². The Labute approximate surface area is 75.6 Å². The summed E-state index contributed by atoms with van der Waals surface area (Å²) in [5.41, 5.74) is 0. The fraction of sp³-hybridized carbons (Fsp3) is 0. The molecule has 0 aromatic carbocycles. The molecular weight excluding hydrogens is 291 g/mol. The van der Waals surface area contributed by atoms with Gasteiger partial charge < -0.3 is 0 Å². The SMILES string of the molecule is [Ni].[O]=[Cr](=[O])([O-])[O-].[O]=[Cr](=[O])([O-])[O-]. The van der Waals surface area contributed by atoms with E-state index in [1.54, 1.807) is 0 Å². The van der Waals surface area contributed by atoms with Crippen molar-refractivity contribution in [2.24, 2.45) is 0 Å². The minimum absolute atomic E-state index is 0. The molecule has 11 heavy (non-hydrogen) atoms. The molecule has 0 rings (SSSR count). The van der Waals surface area contributed by atoms with E-state index in [1.807, 2.05) is 0 Å². The fourth-order valence-electron chi connectivity index (χ4n) is 0. The van der Waals surface area contributed by atoms with Crippen LogP contribution in [0.3, 0.4) is 0 Å². The first kappa shape index (κ1) is 17.6. The molecule has 0 aromatic heterocycles. The molecule has 0 aliphatic rings. The van der Waals surface area contributed by atoms with Crippen LogP contribution >= 0.6 is 0 Å². The van der Waals surface area contributed by atoms with Crippen LogP contribution in [0.25, 0.3) is 0 Å². The summed E-state index contributed by atoms with van der Waals surface area (Å²) in [6.45, 7) is 0. The van der Waals surface area contributed by atoms with Gasteiger partial charge in [-0.1, -0.05) is 0 Å². The second-order valence-corrected chi connectivity index (χ2v) is 3.37. The van der Waals surface area contributed by atoms with Gasteiger partial charge in [-0.3, -0.25) is 0 Å². The van der Waals surface area contributed by atoms with E-state index in [1.165, 1.54) is 0 Å². The summed E-state index contributed by atoms with van der Waals surface area (Å²) < 4.78 is 68.8. The molecule has 0 radical (unpaired) electrons. The Bertz CT molecular complexity index is 208. The molecule has 0 aromatic rings. The standard InChI is InChI=1S/2Cr.Ni.8O/q;;;;;;;4*-1. The normalized spacial score (nSPS) is 10.5. The molecular formula is Cr2NiO8-4. The van der Waals surface area contributed by atoms with Gasteiger partial charge in [0.15, 0.2) is 0 Å². The summed E-state index contributed by atoms with van der Waals surface area (Å²) in [5.74, 6) is 0. The van der Waals surface area contributed by atoms with Crippen LogP contribution in [-0.4, -0.2) is 0 Å². The Morgan fingerprint density at radius 2 is 0.636 bits per heavy atom. The van der Waals surface area contributed by atoms with Gasteiger partial charge in [-0.25, -0.2) is 0 Å². The Balaban J connectivity index is -0.000000107. The monoisotopic (exact) mass is 290 g/mol. The number of rotatable bonds is 0. The molecule has 0 aliphatic heterocycles. The van der Waals surface area contributed by atoms with Gasteiger partial charge in [-0.05, 0) is 0 Å². The van der Waals surface area contributed by atoms with Crippen LogP contribution in [0.1, 0.15) is 0 Å². The van der Waals surface area contributed by atoms with Crippen molar-refractivity contribution in [3.05, 3.63) is 0 Å². The number of hydrogen-bond acceptors (Lipinski definition) is 8. The second-order valence-electron chi connectivity index (χ2n) is 0.816. The average molecular weight is 291 g/mol. The molecule has 0 amide bonds. The van der Waals surface area contributed by atoms with Crippen LogP contribution in [0.5, 0.6) is 0 Å². The van der Waals surface area contributed by atoms with Crippen molar-refractivity contribution in [3.8, 4) is 0 Å². The maximum atomic E-state index is 8.59. The van der Waals surface area contributed by atoms with Crippen molar-refractivity contribution in [1.82, 2.24) is 0 Å². The Morgan fingerprint density at radius 1 is 0.636 bits per heavy atom. The second kappa shape index (κ2) is 6.15. The molecule has 0 atom stereocenters. The summed E-state index contributed by atoms with van der Waals surface area (Å²) in [5, 5.41) is 0. The van der Waals surface area contributed by atoms with Crippen LogP contribution in [0.15, 0.2) is 0 Å². The first-order chi connectivity index (χ1) is 4.00. The summed E-state index contributed by atoms with van der Waals surface area (Å²) in [4.78, 5) is 0. The first-order valence-corrected chi connectivity index (χ1v) is 5.50. The Hall–Kier alpha value is 0.598. The van der Waals surface area contributed by atoms with Crippen molar-refractivity contribution < 1.29 is 75.6 Å². The third-order valence-electron chi connectivity index (χ3n) is 0. The van der Waals surface area contributed by atoms with E-state index in [0.29, 0.717) is 0 Å². The van der Waals surface area contributed by atoms with Gasteiger partial charge in [0.1, 0.15) is 0 Å². The van der Waals surface area contributed by atoms with Gasteiger partial charge in [-0.2, -0.15) is 0 Å². The van der Waals surface area contributed by atoms with Crippen LogP contribution in [0, 0.1) is 0 Å². The third-order valence-corrected chi connectivity index (χ3v) is 0. The molecule has 0 unspecified atom stereocenters. The maximum absolute atomic E-state index is 8.59. The summed E-state index contributed by atoms with van der Waals surface area (Å²) >= 11 is -11.5. The fourth-order valence-corrected chi connectivity index (χ4v) is 0. The van der Waals surface area contributed by atoms with Crippen LogP contribution in [0.4, 0.5) is 0 Å². The molecule has 74 valence electrons. The zero-order valence-electron chi connectivity index (χ0n) is 4.40.